The average Bonchev–Trinajstić information content (AvgIpc) is 3.83. The van der Waals surface area contributed by atoms with E-state index in [4.69, 9.17) is 9.47 Å². The third-order valence-corrected chi connectivity index (χ3v) is 7.87. The maximum absolute atomic E-state index is 14.9. The number of rotatable bonds is 9. The lowest BCUT2D eigenvalue weighted by molar-refractivity contribution is -0.141. The summed E-state index contributed by atoms with van der Waals surface area (Å²) in [5.74, 6) is -0.467. The van der Waals surface area contributed by atoms with Gasteiger partial charge in [-0.05, 0) is 94.0 Å². The first-order valence-corrected chi connectivity index (χ1v) is 15.1. The summed E-state index contributed by atoms with van der Waals surface area (Å²) >= 11 is 0. The molecule has 1 aliphatic heterocycles. The second-order valence-electron chi connectivity index (χ2n) is 12.5. The van der Waals surface area contributed by atoms with Gasteiger partial charge in [0, 0.05) is 23.7 Å². The number of hydrogen-bond acceptors (Lipinski definition) is 5. The van der Waals surface area contributed by atoms with Crippen molar-refractivity contribution in [3.63, 3.8) is 0 Å². The van der Waals surface area contributed by atoms with Crippen LogP contribution in [0.5, 0.6) is 11.6 Å². The summed E-state index contributed by atoms with van der Waals surface area (Å²) in [5.41, 5.74) is 5.38. The smallest absolute Gasteiger partial charge is 0.306 e. The van der Waals surface area contributed by atoms with Crippen LogP contribution >= 0.6 is 0 Å². The molecule has 226 valence electrons. The van der Waals surface area contributed by atoms with E-state index in [1.54, 1.807) is 13.0 Å². The molecule has 0 amide bonds. The second-order valence-corrected chi connectivity index (χ2v) is 12.5. The lowest BCUT2D eigenvalue weighted by Gasteiger charge is -2.34. The Morgan fingerprint density at radius 1 is 1.17 bits per heavy atom. The van der Waals surface area contributed by atoms with Gasteiger partial charge in [-0.15, -0.1) is 0 Å². The molecule has 1 N–H and O–H groups in total. The Kier molecular flexibility index (Phi) is 10.3. The SMILES string of the molecule is C1CC1.CCOc1cc(-c2ccc(C3CCc4ccc(CC(C)C(=O)O)cc4O3)c(CN(C)C(C)(C)C)c2)c(F)cn1. The van der Waals surface area contributed by atoms with Crippen LogP contribution in [0, 0.1) is 11.7 Å². The van der Waals surface area contributed by atoms with Crippen molar-refractivity contribution in [3.8, 4) is 22.8 Å². The molecule has 2 aromatic carbocycles. The first-order valence-electron chi connectivity index (χ1n) is 15.1. The lowest BCUT2D eigenvalue weighted by atomic mass is 9.90. The fourth-order valence-electron chi connectivity index (χ4n) is 4.79. The molecular weight excluding hydrogens is 531 g/mol. The van der Waals surface area contributed by atoms with Gasteiger partial charge in [-0.2, -0.15) is 0 Å². The summed E-state index contributed by atoms with van der Waals surface area (Å²) in [4.78, 5) is 17.7. The average molecular weight is 577 g/mol. The first kappa shape index (κ1) is 31.5. The van der Waals surface area contributed by atoms with Crippen LogP contribution in [-0.2, 0) is 24.2 Å². The fraction of sp³-hybridized carbons (Fsp3) is 0.486. The van der Waals surface area contributed by atoms with Crippen LogP contribution in [0.1, 0.15) is 88.7 Å². The number of carboxylic acids is 1. The van der Waals surface area contributed by atoms with Crippen LogP contribution in [0.3, 0.4) is 0 Å². The van der Waals surface area contributed by atoms with Gasteiger partial charge < -0.3 is 14.6 Å². The fourth-order valence-corrected chi connectivity index (χ4v) is 4.79. The van der Waals surface area contributed by atoms with Crippen molar-refractivity contribution in [2.45, 2.75) is 91.3 Å². The predicted molar refractivity (Wildman–Crippen MR) is 165 cm³/mol. The van der Waals surface area contributed by atoms with Crippen molar-refractivity contribution < 1.29 is 23.8 Å². The number of carbonyl (C=O) groups is 1. The first-order chi connectivity index (χ1) is 20.0. The summed E-state index contributed by atoms with van der Waals surface area (Å²) < 4.78 is 27.0. The highest BCUT2D eigenvalue weighted by Crippen LogP contribution is 2.39. The number of pyridine rings is 1. The van der Waals surface area contributed by atoms with Gasteiger partial charge in [0.25, 0.3) is 0 Å². The number of nitrogens with zero attached hydrogens (tertiary/aromatic N) is 2. The summed E-state index contributed by atoms with van der Waals surface area (Å²) in [5, 5.41) is 9.33. The van der Waals surface area contributed by atoms with Crippen LogP contribution in [0.4, 0.5) is 4.39 Å². The van der Waals surface area contributed by atoms with Gasteiger partial charge >= 0.3 is 5.97 Å². The number of aliphatic carboxylic acids is 1. The van der Waals surface area contributed by atoms with E-state index in [1.807, 2.05) is 31.2 Å². The number of benzene rings is 2. The van der Waals surface area contributed by atoms with Crippen molar-refractivity contribution in [2.75, 3.05) is 13.7 Å². The minimum absolute atomic E-state index is 0.0624. The standard InChI is InChI=1S/C32H39FN2O4.C3H6/c1-7-38-30-17-26(27(33)18-34-30)23-10-12-25(24(16-23)19-35(6)32(3,4)5)28-13-11-22-9-8-21(15-29(22)39-28)14-20(2)31(36)37;1-2-3-1/h8-10,12,15-18,20,28H,7,11,13-14,19H2,1-6H3,(H,36,37);1-3H2. The van der Waals surface area contributed by atoms with Crippen LogP contribution in [0.15, 0.2) is 48.7 Å². The molecule has 6 nitrogen and oxygen atoms in total. The van der Waals surface area contributed by atoms with Gasteiger partial charge in [-0.25, -0.2) is 9.37 Å². The summed E-state index contributed by atoms with van der Waals surface area (Å²) in [6, 6.07) is 13.7. The van der Waals surface area contributed by atoms with Crippen LogP contribution in [0.25, 0.3) is 11.1 Å². The monoisotopic (exact) mass is 576 g/mol. The molecule has 7 heteroatoms. The molecule has 1 aromatic heterocycles. The molecule has 2 aliphatic rings. The lowest BCUT2D eigenvalue weighted by Crippen LogP contribution is -2.37. The third-order valence-electron chi connectivity index (χ3n) is 7.87. The van der Waals surface area contributed by atoms with Gasteiger partial charge in [-0.3, -0.25) is 9.69 Å². The second kappa shape index (κ2) is 13.7. The van der Waals surface area contributed by atoms with Gasteiger partial charge in [0.15, 0.2) is 0 Å². The topological polar surface area (TPSA) is 71.9 Å². The van der Waals surface area contributed by atoms with E-state index in [1.165, 1.54) is 25.5 Å². The Labute approximate surface area is 249 Å². The van der Waals surface area contributed by atoms with E-state index >= 15 is 0 Å². The molecule has 0 saturated heterocycles. The molecule has 0 bridgehead atoms. The van der Waals surface area contributed by atoms with E-state index in [9.17, 15) is 14.3 Å². The number of hydrogen-bond donors (Lipinski definition) is 1. The molecule has 1 aliphatic carbocycles. The van der Waals surface area contributed by atoms with Crippen LogP contribution in [-0.4, -0.2) is 40.2 Å². The Balaban J connectivity index is 0.00000127. The molecule has 2 unspecified atom stereocenters. The molecule has 5 rings (SSSR count). The van der Waals surface area contributed by atoms with Gasteiger partial charge in [-0.1, -0.05) is 50.5 Å². The van der Waals surface area contributed by atoms with Gasteiger partial charge in [0.05, 0.1) is 18.7 Å². The zero-order chi connectivity index (χ0) is 30.4. The van der Waals surface area contributed by atoms with E-state index in [0.717, 1.165) is 46.4 Å². The minimum atomic E-state index is -0.807. The number of aryl methyl sites for hydroxylation is 1. The van der Waals surface area contributed by atoms with Gasteiger partial charge in [0.2, 0.25) is 5.88 Å². The minimum Gasteiger partial charge on any atom is -0.485 e. The van der Waals surface area contributed by atoms with E-state index in [0.29, 0.717) is 31.0 Å². The molecule has 2 heterocycles. The molecule has 1 fully saturated rings. The van der Waals surface area contributed by atoms with Crippen molar-refractivity contribution >= 4 is 5.97 Å². The Bertz CT molecular complexity index is 1380. The molecule has 42 heavy (non-hydrogen) atoms. The summed E-state index contributed by atoms with van der Waals surface area (Å²) in [7, 11) is 2.09. The maximum Gasteiger partial charge on any atom is 0.306 e. The Morgan fingerprint density at radius 3 is 2.55 bits per heavy atom. The number of halogens is 1. The van der Waals surface area contributed by atoms with E-state index in [2.05, 4.69) is 49.8 Å². The third kappa shape index (κ3) is 8.31. The van der Waals surface area contributed by atoms with Crippen LogP contribution in [0.2, 0.25) is 0 Å². The maximum atomic E-state index is 14.9. The Morgan fingerprint density at radius 2 is 1.90 bits per heavy atom. The molecule has 2 atom stereocenters. The number of ether oxygens (including phenoxy) is 2. The molecular formula is C35H45FN2O4. The van der Waals surface area contributed by atoms with Crippen molar-refractivity contribution in [1.29, 1.82) is 0 Å². The van der Waals surface area contributed by atoms with E-state index in [-0.39, 0.29) is 11.6 Å². The summed E-state index contributed by atoms with van der Waals surface area (Å²) in [6.45, 7) is 11.2. The van der Waals surface area contributed by atoms with Crippen LogP contribution < -0.4 is 9.47 Å². The molecule has 3 aromatic rings. The predicted octanol–water partition coefficient (Wildman–Crippen LogP) is 8.02. The van der Waals surface area contributed by atoms with Crippen molar-refractivity contribution in [2.24, 2.45) is 5.92 Å². The highest BCUT2D eigenvalue weighted by atomic mass is 19.1. The highest BCUT2D eigenvalue weighted by Gasteiger charge is 2.27. The zero-order valence-electron chi connectivity index (χ0n) is 25.9. The van der Waals surface area contributed by atoms with Crippen molar-refractivity contribution in [3.05, 3.63) is 76.7 Å². The number of carboxylic acid groups (broad SMARTS) is 1. The largest absolute Gasteiger partial charge is 0.485 e. The highest BCUT2D eigenvalue weighted by molar-refractivity contribution is 5.70. The normalized spacial score (nSPS) is 16.5. The number of aromatic nitrogens is 1. The van der Waals surface area contributed by atoms with E-state index < -0.39 is 17.7 Å². The van der Waals surface area contributed by atoms with Gasteiger partial charge in [0.1, 0.15) is 17.7 Å². The molecule has 0 radical (unpaired) electrons. The molecule has 1 saturated carbocycles. The Hall–Kier alpha value is -3.45. The zero-order valence-corrected chi connectivity index (χ0v) is 25.9. The quantitative estimate of drug-likeness (QED) is 0.278. The molecule has 0 spiro atoms. The summed E-state index contributed by atoms with van der Waals surface area (Å²) in [6.07, 6.45) is 7.68. The van der Waals surface area contributed by atoms with Crippen molar-refractivity contribution in [1.82, 2.24) is 9.88 Å². The number of fused-ring (bicyclic) bond motifs is 1.